The maximum absolute atomic E-state index is 12.5. The van der Waals surface area contributed by atoms with E-state index in [2.05, 4.69) is 20.8 Å². The van der Waals surface area contributed by atoms with E-state index < -0.39 is 10.0 Å². The standard InChI is InChI=1S/C12H20BrN3O3S/c1-8-4-3-5-9(2)16(8)15-20(17,18)11-6-10(7-14)19-12(11)13/h6,8-9,15H,3-5,7,14H2,1-2H3. The second-order valence-electron chi connectivity index (χ2n) is 5.19. The Balaban J connectivity index is 2.24. The van der Waals surface area contributed by atoms with Gasteiger partial charge in [-0.15, -0.1) is 4.83 Å². The lowest BCUT2D eigenvalue weighted by Gasteiger charge is -2.38. The summed E-state index contributed by atoms with van der Waals surface area (Å²) in [6, 6.07) is 1.80. The molecule has 0 bridgehead atoms. The van der Waals surface area contributed by atoms with E-state index in [-0.39, 0.29) is 28.2 Å². The second kappa shape index (κ2) is 6.15. The van der Waals surface area contributed by atoms with E-state index in [0.717, 1.165) is 19.3 Å². The fourth-order valence-electron chi connectivity index (χ4n) is 2.47. The van der Waals surface area contributed by atoms with Gasteiger partial charge in [-0.05, 0) is 42.6 Å². The summed E-state index contributed by atoms with van der Waals surface area (Å²) >= 11 is 3.13. The zero-order chi connectivity index (χ0) is 14.9. The van der Waals surface area contributed by atoms with Crippen LogP contribution in [0.1, 0.15) is 38.9 Å². The molecule has 1 saturated heterocycles. The molecule has 6 nitrogen and oxygen atoms in total. The number of sulfonamides is 1. The summed E-state index contributed by atoms with van der Waals surface area (Å²) in [6.45, 7) is 4.20. The molecule has 0 radical (unpaired) electrons. The molecular formula is C12H20BrN3O3S. The second-order valence-corrected chi connectivity index (χ2v) is 7.54. The Kier molecular flexibility index (Phi) is 4.91. The minimum atomic E-state index is -3.67. The van der Waals surface area contributed by atoms with Crippen LogP contribution in [0.4, 0.5) is 0 Å². The van der Waals surface area contributed by atoms with Crippen LogP contribution in [-0.4, -0.2) is 25.5 Å². The molecule has 2 unspecified atom stereocenters. The van der Waals surface area contributed by atoms with Crippen LogP contribution in [0.15, 0.2) is 20.0 Å². The maximum Gasteiger partial charge on any atom is 0.257 e. The van der Waals surface area contributed by atoms with E-state index in [4.69, 9.17) is 10.2 Å². The van der Waals surface area contributed by atoms with Crippen molar-refractivity contribution in [1.82, 2.24) is 9.84 Å². The summed E-state index contributed by atoms with van der Waals surface area (Å²) in [4.78, 5) is 2.75. The van der Waals surface area contributed by atoms with Crippen molar-refractivity contribution >= 4 is 26.0 Å². The van der Waals surface area contributed by atoms with Crippen molar-refractivity contribution in [1.29, 1.82) is 0 Å². The molecule has 2 heterocycles. The summed E-state index contributed by atoms with van der Waals surface area (Å²) in [5.41, 5.74) is 5.46. The Bertz CT molecular complexity index is 563. The van der Waals surface area contributed by atoms with Crippen molar-refractivity contribution in [3.05, 3.63) is 16.5 Å². The first-order valence-electron chi connectivity index (χ1n) is 6.64. The molecule has 0 aromatic carbocycles. The fraction of sp³-hybridized carbons (Fsp3) is 0.667. The molecule has 1 fully saturated rings. The van der Waals surface area contributed by atoms with Gasteiger partial charge in [-0.25, -0.2) is 13.4 Å². The molecule has 114 valence electrons. The van der Waals surface area contributed by atoms with E-state index in [9.17, 15) is 8.42 Å². The Morgan fingerprint density at radius 2 is 2.05 bits per heavy atom. The van der Waals surface area contributed by atoms with Crippen molar-refractivity contribution in [2.24, 2.45) is 5.73 Å². The van der Waals surface area contributed by atoms with Crippen molar-refractivity contribution in [2.75, 3.05) is 0 Å². The SMILES string of the molecule is CC1CCCC(C)N1NS(=O)(=O)c1cc(CN)oc1Br. The molecule has 8 heteroatoms. The molecule has 0 spiro atoms. The van der Waals surface area contributed by atoms with E-state index in [1.165, 1.54) is 6.07 Å². The highest BCUT2D eigenvalue weighted by molar-refractivity contribution is 9.10. The highest BCUT2D eigenvalue weighted by Crippen LogP contribution is 2.27. The average molecular weight is 366 g/mol. The van der Waals surface area contributed by atoms with Crippen molar-refractivity contribution in [2.45, 2.75) is 56.6 Å². The Labute approximate surface area is 127 Å². The molecule has 0 aliphatic carbocycles. The number of hydrogen-bond donors (Lipinski definition) is 2. The van der Waals surface area contributed by atoms with Crippen LogP contribution in [0, 0.1) is 0 Å². The molecular weight excluding hydrogens is 346 g/mol. The topological polar surface area (TPSA) is 88.6 Å². The number of nitrogens with two attached hydrogens (primary N) is 1. The quantitative estimate of drug-likeness (QED) is 0.851. The molecule has 2 rings (SSSR count). The smallest absolute Gasteiger partial charge is 0.257 e. The number of nitrogens with one attached hydrogen (secondary N) is 1. The predicted molar refractivity (Wildman–Crippen MR) is 79.2 cm³/mol. The summed E-state index contributed by atoms with van der Waals surface area (Å²) in [5, 5.41) is 1.81. The molecule has 3 N–H and O–H groups in total. The highest BCUT2D eigenvalue weighted by atomic mass is 79.9. The number of hydrazine groups is 1. The first-order valence-corrected chi connectivity index (χ1v) is 8.92. The number of furan rings is 1. The van der Waals surface area contributed by atoms with E-state index in [1.54, 1.807) is 5.01 Å². The van der Waals surface area contributed by atoms with Crippen LogP contribution in [0.2, 0.25) is 0 Å². The van der Waals surface area contributed by atoms with Gasteiger partial charge < -0.3 is 10.2 Å². The van der Waals surface area contributed by atoms with Crippen LogP contribution in [0.25, 0.3) is 0 Å². The number of piperidine rings is 1. The van der Waals surface area contributed by atoms with Gasteiger partial charge in [0, 0.05) is 18.2 Å². The molecule has 2 atom stereocenters. The Hall–Kier alpha value is -0.410. The van der Waals surface area contributed by atoms with E-state index >= 15 is 0 Å². The third-order valence-electron chi connectivity index (χ3n) is 3.62. The van der Waals surface area contributed by atoms with Crippen LogP contribution in [0.3, 0.4) is 0 Å². The van der Waals surface area contributed by atoms with Crippen molar-refractivity contribution in [3.63, 3.8) is 0 Å². The fourth-order valence-corrected chi connectivity index (χ4v) is 4.71. The summed E-state index contributed by atoms with van der Waals surface area (Å²) in [5.74, 6) is 0.428. The first-order chi connectivity index (χ1) is 9.35. The summed E-state index contributed by atoms with van der Waals surface area (Å²) in [7, 11) is -3.67. The first kappa shape index (κ1) is 16.0. The predicted octanol–water partition coefficient (Wildman–Crippen LogP) is 1.96. The lowest BCUT2D eigenvalue weighted by atomic mass is 10.0. The highest BCUT2D eigenvalue weighted by Gasteiger charge is 2.31. The van der Waals surface area contributed by atoms with Gasteiger partial charge >= 0.3 is 0 Å². The third-order valence-corrected chi connectivity index (χ3v) is 5.80. The van der Waals surface area contributed by atoms with Gasteiger partial charge in [0.15, 0.2) is 4.67 Å². The van der Waals surface area contributed by atoms with Gasteiger partial charge in [0.05, 0.1) is 6.54 Å². The zero-order valence-electron chi connectivity index (χ0n) is 11.6. The molecule has 1 aromatic heterocycles. The molecule has 1 aliphatic rings. The molecule has 20 heavy (non-hydrogen) atoms. The van der Waals surface area contributed by atoms with Gasteiger partial charge in [-0.1, -0.05) is 6.42 Å². The normalized spacial score (nSPS) is 25.0. The molecule has 1 aromatic rings. The molecule has 1 aliphatic heterocycles. The maximum atomic E-state index is 12.5. The monoisotopic (exact) mass is 365 g/mol. The number of halogens is 1. The van der Waals surface area contributed by atoms with Gasteiger partial charge in [0.1, 0.15) is 10.7 Å². The Morgan fingerprint density at radius 3 is 2.55 bits per heavy atom. The van der Waals surface area contributed by atoms with E-state index in [1.807, 2.05) is 13.8 Å². The lowest BCUT2D eigenvalue weighted by molar-refractivity contribution is 0.0790. The lowest BCUT2D eigenvalue weighted by Crippen LogP contribution is -2.53. The third kappa shape index (κ3) is 3.25. The summed E-state index contributed by atoms with van der Waals surface area (Å²) in [6.07, 6.45) is 3.08. The van der Waals surface area contributed by atoms with Crippen LogP contribution < -0.4 is 10.6 Å². The summed E-state index contributed by atoms with van der Waals surface area (Å²) < 4.78 is 30.3. The van der Waals surface area contributed by atoms with Crippen molar-refractivity contribution < 1.29 is 12.8 Å². The van der Waals surface area contributed by atoms with Crippen LogP contribution >= 0.6 is 15.9 Å². The van der Waals surface area contributed by atoms with E-state index in [0.29, 0.717) is 5.76 Å². The van der Waals surface area contributed by atoms with Crippen molar-refractivity contribution in [3.8, 4) is 0 Å². The molecule has 0 amide bonds. The van der Waals surface area contributed by atoms with Gasteiger partial charge in [0.2, 0.25) is 0 Å². The number of rotatable bonds is 4. The minimum absolute atomic E-state index is 0.0860. The van der Waals surface area contributed by atoms with Gasteiger partial charge in [-0.3, -0.25) is 0 Å². The van der Waals surface area contributed by atoms with Crippen LogP contribution in [0.5, 0.6) is 0 Å². The van der Waals surface area contributed by atoms with Gasteiger partial charge in [0.25, 0.3) is 10.0 Å². The molecule has 0 saturated carbocycles. The zero-order valence-corrected chi connectivity index (χ0v) is 14.0. The largest absolute Gasteiger partial charge is 0.452 e. The number of hydrogen-bond acceptors (Lipinski definition) is 5. The number of nitrogens with zero attached hydrogens (tertiary/aromatic N) is 1. The Morgan fingerprint density at radius 1 is 1.45 bits per heavy atom. The van der Waals surface area contributed by atoms with Crippen LogP contribution in [-0.2, 0) is 16.6 Å². The average Bonchev–Trinajstić information content (AvgIpc) is 2.76. The van der Waals surface area contributed by atoms with Gasteiger partial charge in [-0.2, -0.15) is 0 Å². The minimum Gasteiger partial charge on any atom is -0.452 e.